The van der Waals surface area contributed by atoms with Crippen LogP contribution in [0.3, 0.4) is 0 Å². The van der Waals surface area contributed by atoms with Gasteiger partial charge < -0.3 is 15.2 Å². The van der Waals surface area contributed by atoms with E-state index in [0.717, 1.165) is 24.3 Å². The van der Waals surface area contributed by atoms with E-state index in [-0.39, 0.29) is 6.04 Å². The lowest BCUT2D eigenvalue weighted by molar-refractivity contribution is 0.354. The predicted molar refractivity (Wildman–Crippen MR) is 79.1 cm³/mol. The molecule has 0 saturated heterocycles. The summed E-state index contributed by atoms with van der Waals surface area (Å²) in [6.07, 6.45) is 1.85. The smallest absolute Gasteiger partial charge is 0.160 e. The Labute approximate surface area is 118 Å². The molecule has 1 aromatic heterocycles. The predicted octanol–water partition coefficient (Wildman–Crippen LogP) is 3.40. The Bertz CT molecular complexity index is 511. The van der Waals surface area contributed by atoms with Crippen LogP contribution in [0.25, 0.3) is 0 Å². The topological polar surface area (TPSA) is 44.5 Å². The van der Waals surface area contributed by atoms with Crippen molar-refractivity contribution in [2.75, 3.05) is 14.2 Å². The fourth-order valence-corrected chi connectivity index (χ4v) is 2.74. The molecule has 1 heterocycles. The fourth-order valence-electron chi connectivity index (χ4n) is 2.01. The van der Waals surface area contributed by atoms with Gasteiger partial charge in [-0.1, -0.05) is 6.07 Å². The maximum absolute atomic E-state index is 6.16. The quantitative estimate of drug-likeness (QED) is 0.880. The fraction of sp³-hybridized carbons (Fsp3) is 0.333. The minimum Gasteiger partial charge on any atom is -0.493 e. The van der Waals surface area contributed by atoms with Gasteiger partial charge in [0.25, 0.3) is 0 Å². The Kier molecular flexibility index (Phi) is 4.82. The molecule has 1 atom stereocenters. The highest BCUT2D eigenvalue weighted by atomic mass is 32.1. The molecule has 0 aliphatic rings. The van der Waals surface area contributed by atoms with E-state index in [1.807, 2.05) is 12.1 Å². The summed E-state index contributed by atoms with van der Waals surface area (Å²) >= 11 is 1.68. The molecule has 1 unspecified atom stereocenters. The molecule has 0 spiro atoms. The third kappa shape index (κ3) is 3.49. The Morgan fingerprint density at radius 1 is 1.16 bits per heavy atom. The molecule has 102 valence electrons. The molecule has 2 N–H and O–H groups in total. The van der Waals surface area contributed by atoms with Crippen molar-refractivity contribution in [3.05, 3.63) is 46.2 Å². The standard InChI is InChI=1S/C15H19NO2S/c1-17-14-6-4-11(9-15(14)18-2)3-5-13(16)12-7-8-19-10-12/h4,6-10,13H,3,5,16H2,1-2H3. The molecule has 0 aliphatic heterocycles. The van der Waals surface area contributed by atoms with Crippen molar-refractivity contribution >= 4 is 11.3 Å². The van der Waals surface area contributed by atoms with Crippen LogP contribution in [-0.2, 0) is 6.42 Å². The number of methoxy groups -OCH3 is 2. The lowest BCUT2D eigenvalue weighted by Crippen LogP contribution is -2.10. The highest BCUT2D eigenvalue weighted by Crippen LogP contribution is 2.28. The van der Waals surface area contributed by atoms with E-state index in [1.54, 1.807) is 25.6 Å². The minimum atomic E-state index is 0.0966. The zero-order valence-electron chi connectivity index (χ0n) is 11.3. The number of ether oxygens (including phenoxy) is 2. The second-order valence-corrected chi connectivity index (χ2v) is 5.17. The highest BCUT2D eigenvalue weighted by molar-refractivity contribution is 7.07. The Morgan fingerprint density at radius 2 is 1.95 bits per heavy atom. The first-order valence-electron chi connectivity index (χ1n) is 6.23. The summed E-state index contributed by atoms with van der Waals surface area (Å²) in [5.41, 5.74) is 8.59. The number of hydrogen-bond acceptors (Lipinski definition) is 4. The van der Waals surface area contributed by atoms with Crippen molar-refractivity contribution in [1.29, 1.82) is 0 Å². The number of nitrogens with two attached hydrogens (primary N) is 1. The van der Waals surface area contributed by atoms with Crippen LogP contribution in [0.5, 0.6) is 11.5 Å². The van der Waals surface area contributed by atoms with Gasteiger partial charge in [-0.2, -0.15) is 11.3 Å². The van der Waals surface area contributed by atoms with Crippen LogP contribution in [0, 0.1) is 0 Å². The van der Waals surface area contributed by atoms with Crippen molar-refractivity contribution in [3.63, 3.8) is 0 Å². The van der Waals surface area contributed by atoms with Gasteiger partial charge in [0.15, 0.2) is 11.5 Å². The molecular formula is C15H19NO2S. The maximum Gasteiger partial charge on any atom is 0.160 e. The van der Waals surface area contributed by atoms with Gasteiger partial charge in [0, 0.05) is 6.04 Å². The van der Waals surface area contributed by atoms with Gasteiger partial charge in [-0.05, 0) is 52.9 Å². The van der Waals surface area contributed by atoms with Gasteiger partial charge in [-0.15, -0.1) is 0 Å². The Hall–Kier alpha value is -1.52. The molecule has 0 amide bonds. The molecule has 3 nitrogen and oxygen atoms in total. The summed E-state index contributed by atoms with van der Waals surface area (Å²) in [6, 6.07) is 8.19. The molecule has 19 heavy (non-hydrogen) atoms. The second-order valence-electron chi connectivity index (χ2n) is 4.39. The van der Waals surface area contributed by atoms with Crippen LogP contribution in [0.2, 0.25) is 0 Å². The SMILES string of the molecule is COc1ccc(CCC(N)c2ccsc2)cc1OC. The summed E-state index contributed by atoms with van der Waals surface area (Å²) in [5.74, 6) is 1.53. The van der Waals surface area contributed by atoms with Gasteiger partial charge in [-0.3, -0.25) is 0 Å². The summed E-state index contributed by atoms with van der Waals surface area (Å²) in [5, 5.41) is 4.17. The van der Waals surface area contributed by atoms with Crippen LogP contribution in [0.15, 0.2) is 35.0 Å². The van der Waals surface area contributed by atoms with Gasteiger partial charge in [0.05, 0.1) is 14.2 Å². The Morgan fingerprint density at radius 3 is 2.58 bits per heavy atom. The van der Waals surface area contributed by atoms with Gasteiger partial charge >= 0.3 is 0 Å². The first-order valence-corrected chi connectivity index (χ1v) is 7.17. The summed E-state index contributed by atoms with van der Waals surface area (Å²) in [6.45, 7) is 0. The summed E-state index contributed by atoms with van der Waals surface area (Å²) < 4.78 is 10.5. The Balaban J connectivity index is 1.99. The van der Waals surface area contributed by atoms with Crippen molar-refractivity contribution < 1.29 is 9.47 Å². The number of benzene rings is 1. The summed E-state index contributed by atoms with van der Waals surface area (Å²) in [4.78, 5) is 0. The minimum absolute atomic E-state index is 0.0966. The zero-order chi connectivity index (χ0) is 13.7. The van der Waals surface area contributed by atoms with Crippen molar-refractivity contribution in [3.8, 4) is 11.5 Å². The van der Waals surface area contributed by atoms with Crippen LogP contribution >= 0.6 is 11.3 Å². The van der Waals surface area contributed by atoms with E-state index < -0.39 is 0 Å². The van der Waals surface area contributed by atoms with E-state index in [2.05, 4.69) is 22.9 Å². The normalized spacial score (nSPS) is 12.2. The zero-order valence-corrected chi connectivity index (χ0v) is 12.1. The molecule has 0 aliphatic carbocycles. The van der Waals surface area contributed by atoms with Gasteiger partial charge in [-0.25, -0.2) is 0 Å². The lowest BCUT2D eigenvalue weighted by Gasteiger charge is -2.12. The summed E-state index contributed by atoms with van der Waals surface area (Å²) in [7, 11) is 3.29. The molecule has 0 bridgehead atoms. The lowest BCUT2D eigenvalue weighted by atomic mass is 10.0. The second kappa shape index (κ2) is 6.59. The molecule has 0 saturated carbocycles. The van der Waals surface area contributed by atoms with Gasteiger partial charge in [0.2, 0.25) is 0 Å². The molecule has 2 aromatic rings. The molecule has 0 fully saturated rings. The van der Waals surface area contributed by atoms with E-state index >= 15 is 0 Å². The van der Waals surface area contributed by atoms with E-state index in [9.17, 15) is 0 Å². The van der Waals surface area contributed by atoms with Gasteiger partial charge in [0.1, 0.15) is 0 Å². The van der Waals surface area contributed by atoms with Crippen molar-refractivity contribution in [1.82, 2.24) is 0 Å². The highest BCUT2D eigenvalue weighted by Gasteiger charge is 2.08. The van der Waals surface area contributed by atoms with E-state index in [4.69, 9.17) is 15.2 Å². The first kappa shape index (κ1) is 13.9. The van der Waals surface area contributed by atoms with Crippen LogP contribution in [0.4, 0.5) is 0 Å². The number of rotatable bonds is 6. The third-order valence-corrected chi connectivity index (χ3v) is 3.86. The average Bonchev–Trinajstić information content (AvgIpc) is 2.98. The largest absolute Gasteiger partial charge is 0.493 e. The number of aryl methyl sites for hydroxylation is 1. The molecular weight excluding hydrogens is 258 g/mol. The number of thiophene rings is 1. The van der Waals surface area contributed by atoms with E-state index in [1.165, 1.54) is 11.1 Å². The number of hydrogen-bond donors (Lipinski definition) is 1. The van der Waals surface area contributed by atoms with Crippen molar-refractivity contribution in [2.45, 2.75) is 18.9 Å². The monoisotopic (exact) mass is 277 g/mol. The van der Waals surface area contributed by atoms with E-state index in [0.29, 0.717) is 0 Å². The van der Waals surface area contributed by atoms with Crippen LogP contribution in [-0.4, -0.2) is 14.2 Å². The molecule has 0 radical (unpaired) electrons. The first-order chi connectivity index (χ1) is 9.24. The maximum atomic E-state index is 6.16. The third-order valence-electron chi connectivity index (χ3n) is 3.16. The van der Waals surface area contributed by atoms with Crippen LogP contribution < -0.4 is 15.2 Å². The molecule has 4 heteroatoms. The molecule has 1 aromatic carbocycles. The van der Waals surface area contributed by atoms with Crippen LogP contribution in [0.1, 0.15) is 23.6 Å². The molecule has 2 rings (SSSR count). The van der Waals surface area contributed by atoms with Crippen molar-refractivity contribution in [2.24, 2.45) is 5.73 Å². The average molecular weight is 277 g/mol.